The predicted molar refractivity (Wildman–Crippen MR) is 101 cm³/mol. The fraction of sp³-hybridized carbons (Fsp3) is 0.429. The van der Waals surface area contributed by atoms with Crippen LogP contribution >= 0.6 is 23.5 Å². The van der Waals surface area contributed by atoms with Crippen LogP contribution in [0.2, 0.25) is 0 Å². The molecular weight excluding hydrogens is 352 g/mol. The zero-order valence-electron chi connectivity index (χ0n) is 12.9. The molecule has 6 N–H and O–H groups in total. The lowest BCUT2D eigenvalue weighted by Crippen LogP contribution is -2.23. The molecular formula is C14H22N4O2S3. The molecule has 9 heteroatoms. The van der Waals surface area contributed by atoms with Gasteiger partial charge in [0.05, 0.1) is 5.75 Å². The van der Waals surface area contributed by atoms with Crippen molar-refractivity contribution in [2.75, 3.05) is 17.8 Å². The van der Waals surface area contributed by atoms with E-state index in [1.807, 2.05) is 24.3 Å². The molecule has 0 aliphatic carbocycles. The van der Waals surface area contributed by atoms with Crippen LogP contribution in [0.4, 0.5) is 0 Å². The molecule has 1 aromatic carbocycles. The summed E-state index contributed by atoms with van der Waals surface area (Å²) in [5.74, 6) is 0.750. The van der Waals surface area contributed by atoms with Crippen LogP contribution in [0.15, 0.2) is 24.3 Å². The van der Waals surface area contributed by atoms with E-state index < -0.39 is 9.84 Å². The maximum absolute atomic E-state index is 11.5. The minimum atomic E-state index is -3.13. The summed E-state index contributed by atoms with van der Waals surface area (Å²) in [5, 5.41) is 14.3. The Morgan fingerprint density at radius 2 is 1.70 bits per heavy atom. The first-order valence-corrected chi connectivity index (χ1v) is 10.8. The van der Waals surface area contributed by atoms with E-state index >= 15 is 0 Å². The Labute approximate surface area is 145 Å². The number of hydrogen-bond acceptors (Lipinski definition) is 6. The lowest BCUT2D eigenvalue weighted by Gasteiger charge is -2.15. The van der Waals surface area contributed by atoms with Crippen molar-refractivity contribution in [2.45, 2.75) is 18.1 Å². The number of nitrogens with one attached hydrogen (secondary N) is 2. The van der Waals surface area contributed by atoms with E-state index in [2.05, 4.69) is 0 Å². The number of rotatable bonds is 8. The highest BCUT2D eigenvalue weighted by Gasteiger charge is 2.18. The summed E-state index contributed by atoms with van der Waals surface area (Å²) >= 11 is 2.39. The van der Waals surface area contributed by atoms with E-state index in [9.17, 15) is 8.42 Å². The molecule has 0 aliphatic rings. The van der Waals surface area contributed by atoms with Crippen molar-refractivity contribution in [1.82, 2.24) is 0 Å². The maximum Gasteiger partial charge on any atom is 0.151 e. The van der Waals surface area contributed by atoms with Gasteiger partial charge in [-0.2, -0.15) is 0 Å². The van der Waals surface area contributed by atoms with E-state index in [-0.39, 0.29) is 21.3 Å². The molecule has 0 fully saturated rings. The summed E-state index contributed by atoms with van der Waals surface area (Å²) in [6.45, 7) is 0. The SMILES string of the molecule is CS(=O)(=O)C[C@H](Cc1ccc(CCSC(=N)N)cc1)SC(=N)N. The first-order valence-electron chi connectivity index (χ1n) is 6.89. The average Bonchev–Trinajstić information content (AvgIpc) is 2.37. The molecule has 0 spiro atoms. The van der Waals surface area contributed by atoms with Crippen molar-refractivity contribution < 1.29 is 8.42 Å². The Morgan fingerprint density at radius 3 is 2.17 bits per heavy atom. The van der Waals surface area contributed by atoms with E-state index in [1.54, 1.807) is 0 Å². The number of thioether (sulfide) groups is 2. The summed E-state index contributed by atoms with van der Waals surface area (Å²) < 4.78 is 23.0. The number of hydrogen-bond donors (Lipinski definition) is 4. The lowest BCUT2D eigenvalue weighted by molar-refractivity contribution is 0.600. The van der Waals surface area contributed by atoms with Gasteiger partial charge in [-0.25, -0.2) is 8.42 Å². The molecule has 0 aliphatic heterocycles. The second-order valence-electron chi connectivity index (χ2n) is 5.18. The van der Waals surface area contributed by atoms with Crippen molar-refractivity contribution in [2.24, 2.45) is 11.5 Å². The highest BCUT2D eigenvalue weighted by molar-refractivity contribution is 8.14. The molecule has 128 valence electrons. The van der Waals surface area contributed by atoms with Crippen LogP contribution in [-0.2, 0) is 22.7 Å². The minimum Gasteiger partial charge on any atom is -0.379 e. The van der Waals surface area contributed by atoms with Crippen LogP contribution in [0.5, 0.6) is 0 Å². The van der Waals surface area contributed by atoms with Gasteiger partial charge in [0.15, 0.2) is 10.3 Å². The first kappa shape index (κ1) is 19.9. The Kier molecular flexibility index (Phi) is 7.93. The van der Waals surface area contributed by atoms with Gasteiger partial charge in [-0.3, -0.25) is 10.8 Å². The van der Waals surface area contributed by atoms with Crippen LogP contribution in [0.1, 0.15) is 11.1 Å². The van der Waals surface area contributed by atoms with E-state index in [0.717, 1.165) is 35.1 Å². The topological polar surface area (TPSA) is 134 Å². The molecule has 1 atom stereocenters. The van der Waals surface area contributed by atoms with Crippen LogP contribution in [-0.4, -0.2) is 41.8 Å². The third kappa shape index (κ3) is 9.52. The van der Waals surface area contributed by atoms with Crippen molar-refractivity contribution in [3.05, 3.63) is 35.4 Å². The maximum atomic E-state index is 11.5. The molecule has 0 saturated carbocycles. The fourth-order valence-electron chi connectivity index (χ4n) is 2.04. The van der Waals surface area contributed by atoms with Gasteiger partial charge in [0.2, 0.25) is 0 Å². The highest BCUT2D eigenvalue weighted by atomic mass is 32.2. The first-order chi connectivity index (χ1) is 10.7. The number of benzene rings is 1. The van der Waals surface area contributed by atoms with Crippen LogP contribution in [0, 0.1) is 10.8 Å². The summed E-state index contributed by atoms with van der Waals surface area (Å²) in [5.41, 5.74) is 12.8. The Balaban J connectivity index is 2.65. The monoisotopic (exact) mass is 374 g/mol. The minimum absolute atomic E-state index is 0.00570. The number of sulfone groups is 1. The zero-order valence-corrected chi connectivity index (χ0v) is 15.4. The average molecular weight is 375 g/mol. The molecule has 6 nitrogen and oxygen atoms in total. The quantitative estimate of drug-likeness (QED) is 0.402. The van der Waals surface area contributed by atoms with Gasteiger partial charge in [0, 0.05) is 17.3 Å². The van der Waals surface area contributed by atoms with Gasteiger partial charge in [0.25, 0.3) is 0 Å². The van der Waals surface area contributed by atoms with E-state index in [0.29, 0.717) is 6.42 Å². The Morgan fingerprint density at radius 1 is 1.13 bits per heavy atom. The molecule has 1 aromatic rings. The summed E-state index contributed by atoms with van der Waals surface area (Å²) in [4.78, 5) is 0. The number of nitrogens with two attached hydrogens (primary N) is 2. The van der Waals surface area contributed by atoms with Gasteiger partial charge in [-0.15, -0.1) is 0 Å². The zero-order chi connectivity index (χ0) is 17.5. The molecule has 0 heterocycles. The van der Waals surface area contributed by atoms with Gasteiger partial charge in [0.1, 0.15) is 9.84 Å². The summed E-state index contributed by atoms with van der Waals surface area (Å²) in [6.07, 6.45) is 2.55. The van der Waals surface area contributed by atoms with Crippen molar-refractivity contribution in [3.63, 3.8) is 0 Å². The van der Waals surface area contributed by atoms with Crippen molar-refractivity contribution in [1.29, 1.82) is 10.8 Å². The van der Waals surface area contributed by atoms with Gasteiger partial charge < -0.3 is 11.5 Å². The molecule has 0 aromatic heterocycles. The number of aryl methyl sites for hydroxylation is 1. The predicted octanol–water partition coefficient (Wildman–Crippen LogP) is 1.44. The number of amidine groups is 2. The molecule has 0 amide bonds. The normalized spacial score (nSPS) is 12.7. The van der Waals surface area contributed by atoms with E-state index in [4.69, 9.17) is 22.3 Å². The molecule has 0 bridgehead atoms. The third-order valence-corrected chi connectivity index (χ3v) is 5.78. The molecule has 23 heavy (non-hydrogen) atoms. The second-order valence-corrected chi connectivity index (χ2v) is 9.84. The standard InChI is InChI=1S/C14H22N4O2S3/c1-23(19,20)9-12(22-14(17)18)8-11-4-2-10(3-5-11)6-7-21-13(15)16/h2-5,12H,6-9H2,1H3,(H3,15,16)(H3,17,18)/t12-/m0/s1. The molecule has 0 saturated heterocycles. The summed E-state index contributed by atoms with van der Waals surface area (Å²) in [7, 11) is -3.13. The van der Waals surface area contributed by atoms with Crippen molar-refractivity contribution in [3.8, 4) is 0 Å². The molecule has 0 unspecified atom stereocenters. The fourth-order valence-corrected chi connectivity index (χ4v) is 5.04. The van der Waals surface area contributed by atoms with E-state index in [1.165, 1.54) is 18.0 Å². The van der Waals surface area contributed by atoms with Crippen LogP contribution in [0.25, 0.3) is 0 Å². The molecule has 1 rings (SSSR count). The molecule has 0 radical (unpaired) electrons. The third-order valence-electron chi connectivity index (χ3n) is 2.92. The van der Waals surface area contributed by atoms with Crippen molar-refractivity contribution >= 4 is 43.7 Å². The smallest absolute Gasteiger partial charge is 0.151 e. The van der Waals surface area contributed by atoms with Gasteiger partial charge >= 0.3 is 0 Å². The van der Waals surface area contributed by atoms with Crippen LogP contribution in [0.3, 0.4) is 0 Å². The lowest BCUT2D eigenvalue weighted by atomic mass is 10.1. The Hall–Kier alpha value is -1.19. The largest absolute Gasteiger partial charge is 0.379 e. The highest BCUT2D eigenvalue weighted by Crippen LogP contribution is 2.19. The van der Waals surface area contributed by atoms with Gasteiger partial charge in [-0.1, -0.05) is 47.8 Å². The summed E-state index contributed by atoms with van der Waals surface area (Å²) in [6, 6.07) is 7.91. The van der Waals surface area contributed by atoms with Crippen LogP contribution < -0.4 is 11.5 Å². The van der Waals surface area contributed by atoms with Gasteiger partial charge in [-0.05, 0) is 24.0 Å². The Bertz CT molecular complexity index is 644. The second kappa shape index (κ2) is 9.19.